The highest BCUT2D eigenvalue weighted by Crippen LogP contribution is 2.23. The van der Waals surface area contributed by atoms with Gasteiger partial charge in [-0.3, -0.25) is 4.79 Å². The summed E-state index contributed by atoms with van der Waals surface area (Å²) in [5.41, 5.74) is 0. The number of carbonyl (C=O) groups excluding carboxylic acids is 1. The predicted octanol–water partition coefficient (Wildman–Crippen LogP) is 2.23. The normalized spacial score (nSPS) is 18.8. The van der Waals surface area contributed by atoms with Crippen LogP contribution in [-0.4, -0.2) is 35.8 Å². The fourth-order valence-corrected chi connectivity index (χ4v) is 3.08. The number of nitrogens with zero attached hydrogens (tertiary/aromatic N) is 2. The molecule has 0 bridgehead atoms. The Hall–Kier alpha value is -0.740. The molecule has 0 saturated carbocycles. The Kier molecular flexibility index (Phi) is 4.07. The van der Waals surface area contributed by atoms with E-state index in [1.54, 1.807) is 17.5 Å². The number of likely N-dealkylation sites (tertiary alicyclic amines) is 1. The Morgan fingerprint density at radius 3 is 2.88 bits per heavy atom. The lowest BCUT2D eigenvalue weighted by Crippen LogP contribution is -2.33. The molecule has 1 aromatic rings. The first-order chi connectivity index (χ1) is 7.81. The van der Waals surface area contributed by atoms with Crippen molar-refractivity contribution in [2.24, 2.45) is 5.92 Å². The SMILES string of the molecule is CCN1CCC(Cc2ncc(C=O)s2)CC1. The van der Waals surface area contributed by atoms with E-state index >= 15 is 0 Å². The summed E-state index contributed by atoms with van der Waals surface area (Å²) in [6.45, 7) is 5.82. The molecular formula is C12H18N2OS. The number of aldehydes is 1. The Morgan fingerprint density at radius 1 is 1.56 bits per heavy atom. The van der Waals surface area contributed by atoms with Crippen LogP contribution < -0.4 is 0 Å². The second kappa shape index (κ2) is 5.55. The van der Waals surface area contributed by atoms with Gasteiger partial charge in [-0.15, -0.1) is 11.3 Å². The molecule has 0 N–H and O–H groups in total. The highest BCUT2D eigenvalue weighted by molar-refractivity contribution is 7.13. The van der Waals surface area contributed by atoms with Crippen LogP contribution in [0.15, 0.2) is 6.20 Å². The van der Waals surface area contributed by atoms with Gasteiger partial charge in [0.25, 0.3) is 0 Å². The highest BCUT2D eigenvalue weighted by atomic mass is 32.1. The minimum absolute atomic E-state index is 0.751. The van der Waals surface area contributed by atoms with Crippen LogP contribution in [0.2, 0.25) is 0 Å². The lowest BCUT2D eigenvalue weighted by Gasteiger charge is -2.30. The van der Waals surface area contributed by atoms with Gasteiger partial charge in [0.05, 0.1) is 9.88 Å². The summed E-state index contributed by atoms with van der Waals surface area (Å²) in [5, 5.41) is 1.12. The van der Waals surface area contributed by atoms with Crippen molar-refractivity contribution >= 4 is 17.6 Å². The van der Waals surface area contributed by atoms with Crippen molar-refractivity contribution in [2.75, 3.05) is 19.6 Å². The van der Waals surface area contributed by atoms with E-state index in [1.165, 1.54) is 32.5 Å². The Labute approximate surface area is 100 Å². The van der Waals surface area contributed by atoms with Gasteiger partial charge in [-0.2, -0.15) is 0 Å². The minimum atomic E-state index is 0.751. The first-order valence-corrected chi connectivity index (χ1v) is 6.75. The third kappa shape index (κ3) is 2.89. The molecule has 1 aromatic heterocycles. The molecule has 1 saturated heterocycles. The van der Waals surface area contributed by atoms with Crippen molar-refractivity contribution in [1.29, 1.82) is 0 Å². The van der Waals surface area contributed by atoms with Crippen molar-refractivity contribution in [3.63, 3.8) is 0 Å². The minimum Gasteiger partial charge on any atom is -0.304 e. The summed E-state index contributed by atoms with van der Waals surface area (Å²) >= 11 is 1.54. The number of carbonyl (C=O) groups is 1. The van der Waals surface area contributed by atoms with E-state index in [2.05, 4.69) is 16.8 Å². The van der Waals surface area contributed by atoms with Gasteiger partial charge >= 0.3 is 0 Å². The van der Waals surface area contributed by atoms with Crippen LogP contribution in [0.25, 0.3) is 0 Å². The zero-order chi connectivity index (χ0) is 11.4. The smallest absolute Gasteiger partial charge is 0.161 e. The van der Waals surface area contributed by atoms with Gasteiger partial charge in [0.15, 0.2) is 6.29 Å². The number of aromatic nitrogens is 1. The van der Waals surface area contributed by atoms with E-state index in [4.69, 9.17) is 0 Å². The molecule has 0 amide bonds. The van der Waals surface area contributed by atoms with Gasteiger partial charge in [0.1, 0.15) is 0 Å². The maximum Gasteiger partial charge on any atom is 0.161 e. The molecule has 0 spiro atoms. The summed E-state index contributed by atoms with van der Waals surface area (Å²) in [6.07, 6.45) is 6.17. The topological polar surface area (TPSA) is 33.2 Å². The Morgan fingerprint density at radius 2 is 2.31 bits per heavy atom. The van der Waals surface area contributed by atoms with Crippen molar-refractivity contribution in [3.05, 3.63) is 16.1 Å². The van der Waals surface area contributed by atoms with Gasteiger partial charge in [-0.1, -0.05) is 6.92 Å². The van der Waals surface area contributed by atoms with Crippen LogP contribution in [0.3, 0.4) is 0 Å². The molecule has 0 aromatic carbocycles. The van der Waals surface area contributed by atoms with E-state index in [9.17, 15) is 4.79 Å². The summed E-state index contributed by atoms with van der Waals surface area (Å²) in [7, 11) is 0. The first kappa shape index (κ1) is 11.7. The standard InChI is InChI=1S/C12H18N2OS/c1-2-14-5-3-10(4-6-14)7-12-13-8-11(9-15)16-12/h8-10H,2-7H2,1H3. The number of hydrogen-bond acceptors (Lipinski definition) is 4. The zero-order valence-electron chi connectivity index (χ0n) is 9.69. The first-order valence-electron chi connectivity index (χ1n) is 5.94. The summed E-state index contributed by atoms with van der Waals surface area (Å²) in [5.74, 6) is 0.758. The molecule has 16 heavy (non-hydrogen) atoms. The van der Waals surface area contributed by atoms with Crippen molar-refractivity contribution in [3.8, 4) is 0 Å². The molecular weight excluding hydrogens is 220 g/mol. The molecule has 88 valence electrons. The summed E-state index contributed by atoms with van der Waals surface area (Å²) in [6, 6.07) is 0. The number of thiazole rings is 1. The van der Waals surface area contributed by atoms with Crippen molar-refractivity contribution in [1.82, 2.24) is 9.88 Å². The summed E-state index contributed by atoms with van der Waals surface area (Å²) < 4.78 is 0. The fourth-order valence-electron chi connectivity index (χ4n) is 2.23. The second-order valence-electron chi connectivity index (χ2n) is 4.36. The zero-order valence-corrected chi connectivity index (χ0v) is 10.5. The average Bonchev–Trinajstić information content (AvgIpc) is 2.78. The van der Waals surface area contributed by atoms with Crippen LogP contribution in [0, 0.1) is 5.92 Å². The van der Waals surface area contributed by atoms with Crippen LogP contribution in [-0.2, 0) is 6.42 Å². The molecule has 1 aliphatic rings. The molecule has 4 heteroatoms. The molecule has 0 aliphatic carbocycles. The third-order valence-electron chi connectivity index (χ3n) is 3.31. The molecule has 0 atom stereocenters. The number of piperidine rings is 1. The molecule has 0 radical (unpaired) electrons. The molecule has 1 fully saturated rings. The van der Waals surface area contributed by atoms with Crippen LogP contribution in [0.4, 0.5) is 0 Å². The Balaban J connectivity index is 1.84. The van der Waals surface area contributed by atoms with E-state index < -0.39 is 0 Å². The summed E-state index contributed by atoms with van der Waals surface area (Å²) in [4.78, 5) is 18.1. The van der Waals surface area contributed by atoms with Gasteiger partial charge in [-0.25, -0.2) is 4.98 Å². The van der Waals surface area contributed by atoms with Gasteiger partial charge in [0.2, 0.25) is 0 Å². The van der Waals surface area contributed by atoms with Crippen LogP contribution >= 0.6 is 11.3 Å². The van der Waals surface area contributed by atoms with Gasteiger partial charge < -0.3 is 4.90 Å². The molecule has 0 unspecified atom stereocenters. The fraction of sp³-hybridized carbons (Fsp3) is 0.667. The van der Waals surface area contributed by atoms with E-state index in [-0.39, 0.29) is 0 Å². The van der Waals surface area contributed by atoms with Gasteiger partial charge in [-0.05, 0) is 38.4 Å². The van der Waals surface area contributed by atoms with Crippen molar-refractivity contribution in [2.45, 2.75) is 26.2 Å². The van der Waals surface area contributed by atoms with E-state index in [0.29, 0.717) is 0 Å². The van der Waals surface area contributed by atoms with E-state index in [0.717, 1.165) is 28.5 Å². The molecule has 2 heterocycles. The quantitative estimate of drug-likeness (QED) is 0.754. The maximum atomic E-state index is 10.6. The lowest BCUT2D eigenvalue weighted by molar-refractivity contribution is 0.112. The third-order valence-corrected chi connectivity index (χ3v) is 4.25. The average molecular weight is 238 g/mol. The second-order valence-corrected chi connectivity index (χ2v) is 5.50. The van der Waals surface area contributed by atoms with E-state index in [1.807, 2.05) is 0 Å². The predicted molar refractivity (Wildman–Crippen MR) is 66.0 cm³/mol. The number of rotatable bonds is 4. The molecule has 3 nitrogen and oxygen atoms in total. The number of hydrogen-bond donors (Lipinski definition) is 0. The largest absolute Gasteiger partial charge is 0.304 e. The van der Waals surface area contributed by atoms with Crippen LogP contribution in [0.1, 0.15) is 34.4 Å². The van der Waals surface area contributed by atoms with Crippen molar-refractivity contribution < 1.29 is 4.79 Å². The van der Waals surface area contributed by atoms with Gasteiger partial charge in [0, 0.05) is 12.6 Å². The maximum absolute atomic E-state index is 10.6. The van der Waals surface area contributed by atoms with Crippen LogP contribution in [0.5, 0.6) is 0 Å². The monoisotopic (exact) mass is 238 g/mol. The Bertz CT molecular complexity index is 343. The molecule has 1 aliphatic heterocycles. The molecule has 2 rings (SSSR count). The lowest BCUT2D eigenvalue weighted by atomic mass is 9.94. The highest BCUT2D eigenvalue weighted by Gasteiger charge is 2.19.